The van der Waals surface area contributed by atoms with E-state index >= 15 is 0 Å². The summed E-state index contributed by atoms with van der Waals surface area (Å²) in [6.45, 7) is 4.48. The average molecular weight is 488 g/mol. The molecule has 1 fully saturated rings. The molecule has 5 nitrogen and oxygen atoms in total. The number of ether oxygens (including phenoxy) is 1. The van der Waals surface area contributed by atoms with Gasteiger partial charge in [0.25, 0.3) is 5.91 Å². The van der Waals surface area contributed by atoms with Crippen molar-refractivity contribution < 1.29 is 9.53 Å². The van der Waals surface area contributed by atoms with Crippen molar-refractivity contribution in [3.05, 3.63) is 89.5 Å². The maximum atomic E-state index is 12.5. The van der Waals surface area contributed by atoms with Crippen LogP contribution in [0.4, 0.5) is 0 Å². The lowest BCUT2D eigenvalue weighted by Crippen LogP contribution is -2.27. The Morgan fingerprint density at radius 3 is 2.54 bits per heavy atom. The summed E-state index contributed by atoms with van der Waals surface area (Å²) in [5.74, 6) is 1.84. The highest BCUT2D eigenvalue weighted by molar-refractivity contribution is 5.94. The highest BCUT2D eigenvalue weighted by Gasteiger charge is 2.38. The largest absolute Gasteiger partial charge is 0.493 e. The van der Waals surface area contributed by atoms with Crippen molar-refractivity contribution in [3.63, 3.8) is 0 Å². The minimum absolute atomic E-state index is 0. The Kier molecular flexibility index (Phi) is 8.07. The van der Waals surface area contributed by atoms with Crippen LogP contribution in [0.15, 0.2) is 72.8 Å². The Hall–Kier alpha value is -3.33. The molecule has 1 N–H and O–H groups in total. The Labute approximate surface area is 213 Å². The molecule has 5 rings (SSSR count). The fraction of sp³-hybridized carbons (Fsp3) is 0.310. The number of nitriles is 1. The van der Waals surface area contributed by atoms with E-state index in [9.17, 15) is 10.1 Å². The minimum atomic E-state index is -0.0196. The Morgan fingerprint density at radius 2 is 1.77 bits per heavy atom. The zero-order chi connectivity index (χ0) is 23.3. The smallest absolute Gasteiger partial charge is 0.251 e. The van der Waals surface area contributed by atoms with Gasteiger partial charge in [0.05, 0.1) is 18.2 Å². The Bertz CT molecular complexity index is 1190. The first-order valence-electron chi connectivity index (χ1n) is 12.0. The molecule has 2 atom stereocenters. The zero-order valence-corrected chi connectivity index (χ0v) is 20.5. The van der Waals surface area contributed by atoms with Gasteiger partial charge in [-0.3, -0.25) is 4.79 Å². The maximum absolute atomic E-state index is 12.5. The molecule has 0 aromatic heterocycles. The third-order valence-corrected chi connectivity index (χ3v) is 6.95. The van der Waals surface area contributed by atoms with Crippen LogP contribution in [0, 0.1) is 17.2 Å². The van der Waals surface area contributed by atoms with Crippen LogP contribution >= 0.6 is 12.4 Å². The van der Waals surface area contributed by atoms with Crippen LogP contribution in [-0.4, -0.2) is 43.6 Å². The fourth-order valence-corrected chi connectivity index (χ4v) is 5.11. The van der Waals surface area contributed by atoms with E-state index in [1.54, 1.807) is 0 Å². The van der Waals surface area contributed by atoms with Crippen molar-refractivity contribution >= 4 is 18.3 Å². The topological polar surface area (TPSA) is 65.4 Å². The van der Waals surface area contributed by atoms with Crippen molar-refractivity contribution in [2.24, 2.45) is 5.92 Å². The van der Waals surface area contributed by atoms with Crippen LogP contribution < -0.4 is 10.1 Å². The lowest BCUT2D eigenvalue weighted by molar-refractivity contribution is 0.0952. The normalized spacial score (nSPS) is 18.4. The fourth-order valence-electron chi connectivity index (χ4n) is 5.11. The van der Waals surface area contributed by atoms with Gasteiger partial charge in [0.1, 0.15) is 5.75 Å². The molecule has 2 aliphatic heterocycles. The summed E-state index contributed by atoms with van der Waals surface area (Å²) in [7, 11) is 0. The van der Waals surface area contributed by atoms with E-state index in [4.69, 9.17) is 4.74 Å². The molecule has 2 heterocycles. The molecule has 3 aromatic rings. The third kappa shape index (κ3) is 5.67. The SMILES string of the molecule is Cl.N#Cc1ccc2c(c1)[C@@H]1CN(CCCCNC(=O)c3ccc(-c4ccccc4)cc3)C[C@H]1CO2. The standard InChI is InChI=1S/C29H29N3O2.ClH/c30-17-21-8-13-28-26(16-21)27-19-32(18-25(27)20-34-28)15-5-4-14-31-29(33)24-11-9-23(10-12-24)22-6-2-1-3-7-22;/h1-3,6-13,16,25,27H,4-5,14-15,18-20H2,(H,31,33);1H/t25-,27+;/m0./s1. The third-order valence-electron chi connectivity index (χ3n) is 6.95. The molecule has 0 unspecified atom stereocenters. The molecule has 0 spiro atoms. The first-order chi connectivity index (χ1) is 16.7. The summed E-state index contributed by atoms with van der Waals surface area (Å²) < 4.78 is 5.95. The van der Waals surface area contributed by atoms with E-state index in [2.05, 4.69) is 28.4 Å². The van der Waals surface area contributed by atoms with Gasteiger partial charge in [-0.1, -0.05) is 42.5 Å². The van der Waals surface area contributed by atoms with Gasteiger partial charge < -0.3 is 15.0 Å². The number of halogens is 1. The molecule has 6 heteroatoms. The number of nitrogens with zero attached hydrogens (tertiary/aromatic N) is 2. The Balaban J connectivity index is 0.00000289. The van der Waals surface area contributed by atoms with Crippen LogP contribution in [0.5, 0.6) is 5.75 Å². The van der Waals surface area contributed by atoms with Gasteiger partial charge in [-0.25, -0.2) is 0 Å². The molecule has 0 saturated carbocycles. The van der Waals surface area contributed by atoms with Gasteiger partial charge >= 0.3 is 0 Å². The van der Waals surface area contributed by atoms with Crippen LogP contribution in [-0.2, 0) is 0 Å². The summed E-state index contributed by atoms with van der Waals surface area (Å²) in [5, 5.41) is 12.3. The van der Waals surface area contributed by atoms with Crippen molar-refractivity contribution in [2.75, 3.05) is 32.8 Å². The van der Waals surface area contributed by atoms with E-state index in [1.807, 2.05) is 60.7 Å². The molecule has 1 amide bonds. The quantitative estimate of drug-likeness (QED) is 0.461. The number of likely N-dealkylation sites (tertiary alicyclic amines) is 1. The molecule has 2 aliphatic rings. The lowest BCUT2D eigenvalue weighted by Gasteiger charge is -2.27. The molecule has 0 bridgehead atoms. The second-order valence-corrected chi connectivity index (χ2v) is 9.21. The Morgan fingerprint density at radius 1 is 1.00 bits per heavy atom. The number of rotatable bonds is 7. The van der Waals surface area contributed by atoms with Crippen LogP contribution in [0.25, 0.3) is 11.1 Å². The number of unbranched alkanes of at least 4 members (excludes halogenated alkanes) is 1. The summed E-state index contributed by atoms with van der Waals surface area (Å²) in [6, 6.07) is 26.0. The number of amides is 1. The summed E-state index contributed by atoms with van der Waals surface area (Å²) in [4.78, 5) is 15.0. The molecule has 0 radical (unpaired) electrons. The molecule has 0 aliphatic carbocycles. The van der Waals surface area contributed by atoms with E-state index in [0.29, 0.717) is 29.5 Å². The van der Waals surface area contributed by atoms with Crippen LogP contribution in [0.3, 0.4) is 0 Å². The number of fused-ring (bicyclic) bond motifs is 3. The molecule has 1 saturated heterocycles. The number of benzene rings is 3. The molecular weight excluding hydrogens is 458 g/mol. The zero-order valence-electron chi connectivity index (χ0n) is 19.7. The van der Waals surface area contributed by atoms with Crippen molar-refractivity contribution in [3.8, 4) is 22.9 Å². The minimum Gasteiger partial charge on any atom is -0.493 e. The molecular formula is C29H30ClN3O2. The molecule has 180 valence electrons. The molecule has 35 heavy (non-hydrogen) atoms. The number of nitrogens with one attached hydrogen (secondary N) is 1. The number of carbonyl (C=O) groups excluding carboxylic acids is 1. The van der Waals surface area contributed by atoms with Crippen molar-refractivity contribution in [1.29, 1.82) is 5.26 Å². The molecule has 3 aromatic carbocycles. The lowest BCUT2D eigenvalue weighted by atomic mass is 9.86. The second-order valence-electron chi connectivity index (χ2n) is 9.21. The number of hydrogen-bond acceptors (Lipinski definition) is 4. The average Bonchev–Trinajstić information content (AvgIpc) is 3.32. The highest BCUT2D eigenvalue weighted by atomic mass is 35.5. The van der Waals surface area contributed by atoms with Crippen molar-refractivity contribution in [1.82, 2.24) is 10.2 Å². The highest BCUT2D eigenvalue weighted by Crippen LogP contribution is 2.41. The van der Waals surface area contributed by atoms with Gasteiger partial charge in [-0.05, 0) is 60.8 Å². The van der Waals surface area contributed by atoms with Gasteiger partial charge in [0.15, 0.2) is 0 Å². The van der Waals surface area contributed by atoms with Crippen LogP contribution in [0.1, 0.15) is 40.2 Å². The summed E-state index contributed by atoms with van der Waals surface area (Å²) in [5.41, 5.74) is 4.84. The number of carbonyl (C=O) groups is 1. The van der Waals surface area contributed by atoms with Crippen LogP contribution in [0.2, 0.25) is 0 Å². The van der Waals surface area contributed by atoms with E-state index in [0.717, 1.165) is 56.0 Å². The van der Waals surface area contributed by atoms with Gasteiger partial charge in [0.2, 0.25) is 0 Å². The van der Waals surface area contributed by atoms with E-state index in [-0.39, 0.29) is 18.3 Å². The van der Waals surface area contributed by atoms with Gasteiger partial charge in [-0.15, -0.1) is 12.4 Å². The van der Waals surface area contributed by atoms with E-state index in [1.165, 1.54) is 5.56 Å². The predicted molar refractivity (Wildman–Crippen MR) is 140 cm³/mol. The first kappa shape index (κ1) is 24.8. The van der Waals surface area contributed by atoms with Crippen molar-refractivity contribution in [2.45, 2.75) is 18.8 Å². The first-order valence-corrected chi connectivity index (χ1v) is 12.0. The number of hydrogen-bond donors (Lipinski definition) is 1. The van der Waals surface area contributed by atoms with Gasteiger partial charge in [0, 0.05) is 42.6 Å². The van der Waals surface area contributed by atoms with E-state index < -0.39 is 0 Å². The maximum Gasteiger partial charge on any atom is 0.251 e. The monoisotopic (exact) mass is 487 g/mol. The summed E-state index contributed by atoms with van der Waals surface area (Å²) in [6.07, 6.45) is 1.99. The predicted octanol–water partition coefficient (Wildman–Crippen LogP) is 5.27. The summed E-state index contributed by atoms with van der Waals surface area (Å²) >= 11 is 0. The van der Waals surface area contributed by atoms with Gasteiger partial charge in [-0.2, -0.15) is 5.26 Å². The second kappa shape index (κ2) is 11.4.